The fourth-order valence-corrected chi connectivity index (χ4v) is 2.21. The molecule has 0 spiro atoms. The molecule has 20 heavy (non-hydrogen) atoms. The Morgan fingerprint density at radius 3 is 2.60 bits per heavy atom. The average Bonchev–Trinajstić information content (AvgIpc) is 2.38. The average molecular weight is 319 g/mol. The molecule has 1 aromatic carbocycles. The lowest BCUT2D eigenvalue weighted by molar-refractivity contribution is -0.385. The van der Waals surface area contributed by atoms with Gasteiger partial charge in [0.15, 0.2) is 0 Å². The van der Waals surface area contributed by atoms with E-state index >= 15 is 0 Å². The first-order chi connectivity index (χ1) is 9.40. The molecule has 0 radical (unpaired) electrons. The molecule has 1 amide bonds. The number of rotatable bonds is 6. The summed E-state index contributed by atoms with van der Waals surface area (Å²) >= 11 is 11.6. The highest BCUT2D eigenvalue weighted by molar-refractivity contribution is 6.34. The maximum absolute atomic E-state index is 12.5. The molecule has 1 rings (SSSR count). The molecule has 7 heteroatoms. The van der Waals surface area contributed by atoms with Crippen molar-refractivity contribution in [1.82, 2.24) is 4.90 Å². The van der Waals surface area contributed by atoms with Crippen LogP contribution >= 0.6 is 23.2 Å². The standard InChI is InChI=1S/C13H16Cl2N2O3/c1-9(2)16(8-4-7-14)13(18)12-10(15)5-3-6-11(12)17(19)20/h3,5-6,9H,4,7-8H2,1-2H3. The summed E-state index contributed by atoms with van der Waals surface area (Å²) in [4.78, 5) is 24.5. The third-order valence-electron chi connectivity index (χ3n) is 2.82. The second kappa shape index (κ2) is 7.45. The molecule has 0 saturated heterocycles. The maximum Gasteiger partial charge on any atom is 0.283 e. The van der Waals surface area contributed by atoms with E-state index in [9.17, 15) is 14.9 Å². The fraction of sp³-hybridized carbons (Fsp3) is 0.462. The zero-order valence-corrected chi connectivity index (χ0v) is 12.8. The number of nitro groups is 1. The predicted molar refractivity (Wildman–Crippen MR) is 79.6 cm³/mol. The van der Waals surface area contributed by atoms with Crippen LogP contribution in [0.25, 0.3) is 0 Å². The van der Waals surface area contributed by atoms with Gasteiger partial charge < -0.3 is 4.90 Å². The van der Waals surface area contributed by atoms with Gasteiger partial charge in [0.25, 0.3) is 11.6 Å². The van der Waals surface area contributed by atoms with E-state index in [4.69, 9.17) is 23.2 Å². The normalized spacial score (nSPS) is 10.7. The fourth-order valence-electron chi connectivity index (χ4n) is 1.84. The number of hydrogen-bond acceptors (Lipinski definition) is 3. The van der Waals surface area contributed by atoms with Gasteiger partial charge in [-0.2, -0.15) is 0 Å². The number of nitrogens with zero attached hydrogens (tertiary/aromatic N) is 2. The van der Waals surface area contributed by atoms with E-state index in [1.54, 1.807) is 0 Å². The lowest BCUT2D eigenvalue weighted by atomic mass is 10.1. The molecule has 0 atom stereocenters. The molecule has 0 bridgehead atoms. The third kappa shape index (κ3) is 3.84. The van der Waals surface area contributed by atoms with Crippen LogP contribution in [0.1, 0.15) is 30.6 Å². The Balaban J connectivity index is 3.21. The van der Waals surface area contributed by atoms with Gasteiger partial charge in [-0.25, -0.2) is 0 Å². The molecule has 1 aromatic rings. The monoisotopic (exact) mass is 318 g/mol. The first kappa shape index (κ1) is 16.7. The predicted octanol–water partition coefficient (Wildman–Crippen LogP) is 3.73. The van der Waals surface area contributed by atoms with Crippen LogP contribution in [-0.4, -0.2) is 34.2 Å². The summed E-state index contributed by atoms with van der Waals surface area (Å²) in [5.74, 6) is -0.0244. The summed E-state index contributed by atoms with van der Waals surface area (Å²) in [6.45, 7) is 4.12. The zero-order chi connectivity index (χ0) is 15.3. The zero-order valence-electron chi connectivity index (χ0n) is 11.3. The second-order valence-corrected chi connectivity index (χ2v) is 5.31. The SMILES string of the molecule is CC(C)N(CCCCl)C(=O)c1c(Cl)cccc1[N+](=O)[O-]. The first-order valence-electron chi connectivity index (χ1n) is 6.20. The molecule has 0 fully saturated rings. The quantitative estimate of drug-likeness (QED) is 0.456. The van der Waals surface area contributed by atoms with Gasteiger partial charge in [0, 0.05) is 24.5 Å². The molecule has 0 unspecified atom stereocenters. The van der Waals surface area contributed by atoms with Gasteiger partial charge in [0.2, 0.25) is 0 Å². The Hall–Kier alpha value is -1.33. The van der Waals surface area contributed by atoms with Crippen LogP contribution in [0.3, 0.4) is 0 Å². The van der Waals surface area contributed by atoms with E-state index in [0.717, 1.165) is 0 Å². The van der Waals surface area contributed by atoms with Crippen LogP contribution in [-0.2, 0) is 0 Å². The minimum atomic E-state index is -0.598. The molecule has 0 heterocycles. The highest BCUT2D eigenvalue weighted by Gasteiger charge is 2.28. The Morgan fingerprint density at radius 1 is 1.45 bits per heavy atom. The number of halogens is 2. The smallest absolute Gasteiger partial charge is 0.283 e. The van der Waals surface area contributed by atoms with E-state index in [-0.39, 0.29) is 22.3 Å². The van der Waals surface area contributed by atoms with Crippen LogP contribution in [0.2, 0.25) is 5.02 Å². The third-order valence-corrected chi connectivity index (χ3v) is 3.40. The van der Waals surface area contributed by atoms with Crippen molar-refractivity contribution in [2.75, 3.05) is 12.4 Å². The van der Waals surface area contributed by atoms with Crippen molar-refractivity contribution in [2.24, 2.45) is 0 Å². The van der Waals surface area contributed by atoms with E-state index < -0.39 is 10.8 Å². The van der Waals surface area contributed by atoms with Crippen molar-refractivity contribution >= 4 is 34.8 Å². The van der Waals surface area contributed by atoms with Crippen molar-refractivity contribution < 1.29 is 9.72 Å². The van der Waals surface area contributed by atoms with Crippen molar-refractivity contribution in [2.45, 2.75) is 26.3 Å². The molecule has 0 saturated carbocycles. The highest BCUT2D eigenvalue weighted by Crippen LogP contribution is 2.28. The largest absolute Gasteiger partial charge is 0.336 e. The number of nitro benzene ring substituents is 1. The van der Waals surface area contributed by atoms with Crippen molar-refractivity contribution in [3.8, 4) is 0 Å². The Morgan fingerprint density at radius 2 is 2.10 bits per heavy atom. The topological polar surface area (TPSA) is 63.5 Å². The first-order valence-corrected chi connectivity index (χ1v) is 7.11. The Bertz CT molecular complexity index is 506. The van der Waals surface area contributed by atoms with Crippen molar-refractivity contribution in [1.29, 1.82) is 0 Å². The highest BCUT2D eigenvalue weighted by atomic mass is 35.5. The molecule has 0 aliphatic rings. The number of amides is 1. The second-order valence-electron chi connectivity index (χ2n) is 4.53. The van der Waals surface area contributed by atoms with Crippen molar-refractivity contribution in [3.05, 3.63) is 38.9 Å². The maximum atomic E-state index is 12.5. The van der Waals surface area contributed by atoms with Gasteiger partial charge in [-0.05, 0) is 26.3 Å². The van der Waals surface area contributed by atoms with Crippen LogP contribution in [0.4, 0.5) is 5.69 Å². The molecule has 110 valence electrons. The summed E-state index contributed by atoms with van der Waals surface area (Å²) in [6, 6.07) is 4.11. The summed E-state index contributed by atoms with van der Waals surface area (Å²) in [5, 5.41) is 11.1. The molecule has 0 N–H and O–H groups in total. The molecular weight excluding hydrogens is 303 g/mol. The summed E-state index contributed by atoms with van der Waals surface area (Å²) in [5.41, 5.74) is -0.346. The molecule has 0 aliphatic heterocycles. The molecular formula is C13H16Cl2N2O3. The van der Waals surface area contributed by atoms with Crippen LogP contribution in [0, 0.1) is 10.1 Å². The van der Waals surface area contributed by atoms with Gasteiger partial charge in [-0.15, -0.1) is 11.6 Å². The minimum absolute atomic E-state index is 0.0672. The number of hydrogen-bond donors (Lipinski definition) is 0. The van der Waals surface area contributed by atoms with Crippen LogP contribution in [0.15, 0.2) is 18.2 Å². The van der Waals surface area contributed by atoms with Crippen molar-refractivity contribution in [3.63, 3.8) is 0 Å². The number of carbonyl (C=O) groups is 1. The van der Waals surface area contributed by atoms with Gasteiger partial charge in [-0.1, -0.05) is 17.7 Å². The number of carbonyl (C=O) groups excluding carboxylic acids is 1. The van der Waals surface area contributed by atoms with E-state index in [2.05, 4.69) is 0 Å². The van der Waals surface area contributed by atoms with Gasteiger partial charge in [0.05, 0.1) is 9.95 Å². The summed E-state index contributed by atoms with van der Waals surface area (Å²) in [6.07, 6.45) is 0.615. The summed E-state index contributed by atoms with van der Waals surface area (Å²) < 4.78 is 0. The molecule has 5 nitrogen and oxygen atoms in total. The van der Waals surface area contributed by atoms with E-state index in [0.29, 0.717) is 18.8 Å². The summed E-state index contributed by atoms with van der Waals surface area (Å²) in [7, 11) is 0. The number of alkyl halides is 1. The lowest BCUT2D eigenvalue weighted by Crippen LogP contribution is -2.38. The Labute approximate surface area is 127 Å². The van der Waals surface area contributed by atoms with Gasteiger partial charge in [-0.3, -0.25) is 14.9 Å². The molecule has 0 aliphatic carbocycles. The Kier molecular flexibility index (Phi) is 6.23. The van der Waals surface area contributed by atoms with E-state index in [1.807, 2.05) is 13.8 Å². The van der Waals surface area contributed by atoms with Crippen LogP contribution < -0.4 is 0 Å². The van der Waals surface area contributed by atoms with Crippen LogP contribution in [0.5, 0.6) is 0 Å². The minimum Gasteiger partial charge on any atom is -0.336 e. The van der Waals surface area contributed by atoms with E-state index in [1.165, 1.54) is 23.1 Å². The lowest BCUT2D eigenvalue weighted by Gasteiger charge is -2.26. The van der Waals surface area contributed by atoms with Gasteiger partial charge in [0.1, 0.15) is 5.56 Å². The molecule has 0 aromatic heterocycles. The van der Waals surface area contributed by atoms with Gasteiger partial charge >= 0.3 is 0 Å². The number of benzene rings is 1.